The number of amides is 1. The van der Waals surface area contributed by atoms with E-state index >= 15 is 0 Å². The Balaban J connectivity index is 1.53. The maximum absolute atomic E-state index is 12.5. The summed E-state index contributed by atoms with van der Waals surface area (Å²) in [6.45, 7) is 2.01. The normalized spacial score (nSPS) is 10.9. The van der Waals surface area contributed by atoms with E-state index < -0.39 is 0 Å². The van der Waals surface area contributed by atoms with E-state index in [0.29, 0.717) is 5.02 Å². The summed E-state index contributed by atoms with van der Waals surface area (Å²) in [7, 11) is 0. The summed E-state index contributed by atoms with van der Waals surface area (Å²) in [6, 6.07) is 15.3. The monoisotopic (exact) mass is 393 g/mol. The standard InChI is InChI=1S/C21H16ClN3OS/c1-13-8-9-18(16-6-4-10-23-20(13)16)25-19(26)11-14-12-27-21(24-14)15-5-2-3-7-17(15)22/h2-10,12H,11H2,1H3,(H,25,26). The molecular weight excluding hydrogens is 378 g/mol. The molecule has 0 aliphatic rings. The summed E-state index contributed by atoms with van der Waals surface area (Å²) in [6.07, 6.45) is 1.96. The van der Waals surface area contributed by atoms with Gasteiger partial charge < -0.3 is 5.32 Å². The number of hydrogen-bond acceptors (Lipinski definition) is 4. The summed E-state index contributed by atoms with van der Waals surface area (Å²) >= 11 is 7.71. The Labute approximate surface area is 165 Å². The van der Waals surface area contributed by atoms with Crippen LogP contribution in [-0.2, 0) is 11.2 Å². The fraction of sp³-hybridized carbons (Fsp3) is 0.0952. The number of pyridine rings is 1. The van der Waals surface area contributed by atoms with Gasteiger partial charge in [0.25, 0.3) is 0 Å². The molecule has 27 heavy (non-hydrogen) atoms. The van der Waals surface area contributed by atoms with E-state index in [0.717, 1.165) is 38.4 Å². The van der Waals surface area contributed by atoms with Crippen LogP contribution in [0.25, 0.3) is 21.5 Å². The molecule has 0 fully saturated rings. The minimum Gasteiger partial charge on any atom is -0.325 e. The first-order chi connectivity index (χ1) is 13.1. The Kier molecular flexibility index (Phi) is 4.88. The molecule has 0 aliphatic carbocycles. The van der Waals surface area contributed by atoms with Crippen LogP contribution in [0.15, 0.2) is 60.1 Å². The van der Waals surface area contributed by atoms with Crippen molar-refractivity contribution in [2.45, 2.75) is 13.3 Å². The zero-order chi connectivity index (χ0) is 18.8. The maximum Gasteiger partial charge on any atom is 0.230 e. The highest BCUT2D eigenvalue weighted by molar-refractivity contribution is 7.13. The van der Waals surface area contributed by atoms with Crippen LogP contribution in [0.1, 0.15) is 11.3 Å². The third-order valence-electron chi connectivity index (χ3n) is 4.24. The Morgan fingerprint density at radius 1 is 1.15 bits per heavy atom. The molecule has 0 spiro atoms. The lowest BCUT2D eigenvalue weighted by molar-refractivity contribution is -0.115. The molecule has 6 heteroatoms. The molecule has 0 unspecified atom stereocenters. The third kappa shape index (κ3) is 3.70. The first kappa shape index (κ1) is 17.6. The second-order valence-corrected chi connectivity index (χ2v) is 7.44. The fourth-order valence-electron chi connectivity index (χ4n) is 2.93. The number of nitrogens with zero attached hydrogens (tertiary/aromatic N) is 2. The Hall–Kier alpha value is -2.76. The van der Waals surface area contributed by atoms with Gasteiger partial charge in [-0.2, -0.15) is 0 Å². The smallest absolute Gasteiger partial charge is 0.230 e. The van der Waals surface area contributed by atoms with Crippen molar-refractivity contribution in [3.05, 3.63) is 76.4 Å². The summed E-state index contributed by atoms with van der Waals surface area (Å²) < 4.78 is 0. The highest BCUT2D eigenvalue weighted by Crippen LogP contribution is 2.30. The lowest BCUT2D eigenvalue weighted by Gasteiger charge is -2.09. The van der Waals surface area contributed by atoms with Gasteiger partial charge in [-0.3, -0.25) is 9.78 Å². The number of carbonyl (C=O) groups is 1. The van der Waals surface area contributed by atoms with Crippen molar-refractivity contribution in [1.82, 2.24) is 9.97 Å². The van der Waals surface area contributed by atoms with Gasteiger partial charge in [0, 0.05) is 22.5 Å². The molecule has 134 valence electrons. The average molecular weight is 394 g/mol. The topological polar surface area (TPSA) is 54.9 Å². The molecule has 0 saturated heterocycles. The van der Waals surface area contributed by atoms with Gasteiger partial charge in [0.2, 0.25) is 5.91 Å². The van der Waals surface area contributed by atoms with Crippen molar-refractivity contribution in [3.8, 4) is 10.6 Å². The van der Waals surface area contributed by atoms with Crippen molar-refractivity contribution in [3.63, 3.8) is 0 Å². The second-order valence-electron chi connectivity index (χ2n) is 6.18. The molecule has 0 atom stereocenters. The van der Waals surface area contributed by atoms with Crippen LogP contribution in [0.4, 0.5) is 5.69 Å². The first-order valence-electron chi connectivity index (χ1n) is 8.45. The van der Waals surface area contributed by atoms with E-state index in [2.05, 4.69) is 15.3 Å². The molecule has 0 saturated carbocycles. The molecule has 2 aromatic carbocycles. The van der Waals surface area contributed by atoms with Gasteiger partial charge in [0.05, 0.1) is 28.3 Å². The van der Waals surface area contributed by atoms with Gasteiger partial charge in [-0.25, -0.2) is 4.98 Å². The van der Waals surface area contributed by atoms with Crippen LogP contribution < -0.4 is 5.32 Å². The molecule has 1 N–H and O–H groups in total. The quantitative estimate of drug-likeness (QED) is 0.498. The molecule has 0 radical (unpaired) electrons. The van der Waals surface area contributed by atoms with Gasteiger partial charge in [0.15, 0.2) is 0 Å². The summed E-state index contributed by atoms with van der Waals surface area (Å²) in [4.78, 5) is 21.5. The minimum atomic E-state index is -0.111. The van der Waals surface area contributed by atoms with Gasteiger partial charge in [-0.15, -0.1) is 11.3 Å². The Morgan fingerprint density at radius 3 is 2.85 bits per heavy atom. The third-order valence-corrected chi connectivity index (χ3v) is 5.50. The van der Waals surface area contributed by atoms with Crippen molar-refractivity contribution in [2.75, 3.05) is 5.32 Å². The van der Waals surface area contributed by atoms with E-state index in [1.165, 1.54) is 11.3 Å². The van der Waals surface area contributed by atoms with Crippen molar-refractivity contribution in [2.24, 2.45) is 0 Å². The summed E-state index contributed by atoms with van der Waals surface area (Å²) in [5.74, 6) is -0.111. The molecular formula is C21H16ClN3OS. The number of aromatic nitrogens is 2. The molecule has 2 aromatic heterocycles. The predicted octanol–water partition coefficient (Wildman–Crippen LogP) is 5.50. The van der Waals surface area contributed by atoms with Crippen molar-refractivity contribution >= 4 is 45.4 Å². The zero-order valence-electron chi connectivity index (χ0n) is 14.6. The lowest BCUT2D eigenvalue weighted by atomic mass is 10.1. The number of aryl methyl sites for hydroxylation is 1. The van der Waals surface area contributed by atoms with Gasteiger partial charge in [-0.1, -0.05) is 35.9 Å². The Bertz CT molecular complexity index is 1140. The highest BCUT2D eigenvalue weighted by Gasteiger charge is 2.12. The van der Waals surface area contributed by atoms with E-state index in [4.69, 9.17) is 11.6 Å². The molecule has 2 heterocycles. The number of halogens is 1. The van der Waals surface area contributed by atoms with Gasteiger partial charge in [-0.05, 0) is 36.8 Å². The number of benzene rings is 2. The molecule has 1 amide bonds. The van der Waals surface area contributed by atoms with Crippen LogP contribution in [0, 0.1) is 6.92 Å². The van der Waals surface area contributed by atoms with Crippen LogP contribution in [0.2, 0.25) is 5.02 Å². The van der Waals surface area contributed by atoms with E-state index in [9.17, 15) is 4.79 Å². The van der Waals surface area contributed by atoms with Crippen molar-refractivity contribution < 1.29 is 4.79 Å². The number of hydrogen-bond donors (Lipinski definition) is 1. The predicted molar refractivity (Wildman–Crippen MR) is 111 cm³/mol. The number of rotatable bonds is 4. The van der Waals surface area contributed by atoms with E-state index in [1.807, 2.05) is 60.8 Å². The van der Waals surface area contributed by atoms with Crippen LogP contribution >= 0.6 is 22.9 Å². The fourth-order valence-corrected chi connectivity index (χ4v) is 4.07. The number of fused-ring (bicyclic) bond motifs is 1. The maximum atomic E-state index is 12.5. The van der Waals surface area contributed by atoms with E-state index in [1.54, 1.807) is 6.20 Å². The van der Waals surface area contributed by atoms with Crippen LogP contribution in [0.3, 0.4) is 0 Å². The number of anilines is 1. The zero-order valence-corrected chi connectivity index (χ0v) is 16.1. The minimum absolute atomic E-state index is 0.111. The molecule has 4 rings (SSSR count). The Morgan fingerprint density at radius 2 is 2.00 bits per heavy atom. The number of thiazole rings is 1. The first-order valence-corrected chi connectivity index (χ1v) is 9.71. The summed E-state index contributed by atoms with van der Waals surface area (Å²) in [5, 5.41) is 7.28. The largest absolute Gasteiger partial charge is 0.325 e. The SMILES string of the molecule is Cc1ccc(NC(=O)Cc2csc(-c3ccccc3Cl)n2)c2cccnc12. The molecule has 4 nitrogen and oxygen atoms in total. The van der Waals surface area contributed by atoms with E-state index in [-0.39, 0.29) is 12.3 Å². The molecule has 0 aliphatic heterocycles. The summed E-state index contributed by atoms with van der Waals surface area (Å²) in [5.41, 5.74) is 4.33. The molecule has 4 aromatic rings. The van der Waals surface area contributed by atoms with Crippen LogP contribution in [0.5, 0.6) is 0 Å². The number of nitrogens with one attached hydrogen (secondary N) is 1. The highest BCUT2D eigenvalue weighted by atomic mass is 35.5. The van der Waals surface area contributed by atoms with Crippen molar-refractivity contribution in [1.29, 1.82) is 0 Å². The second kappa shape index (κ2) is 7.47. The number of carbonyl (C=O) groups excluding carboxylic acids is 1. The lowest BCUT2D eigenvalue weighted by Crippen LogP contribution is -2.15. The van der Waals surface area contributed by atoms with Gasteiger partial charge in [0.1, 0.15) is 5.01 Å². The van der Waals surface area contributed by atoms with Crippen LogP contribution in [-0.4, -0.2) is 15.9 Å². The van der Waals surface area contributed by atoms with Gasteiger partial charge >= 0.3 is 0 Å². The molecule has 0 bridgehead atoms. The average Bonchev–Trinajstić information content (AvgIpc) is 3.13.